The van der Waals surface area contributed by atoms with Crippen molar-refractivity contribution in [2.24, 2.45) is 0 Å². The highest BCUT2D eigenvalue weighted by Crippen LogP contribution is 2.29. The molecule has 78 valence electrons. The molecule has 6 heteroatoms. The highest BCUT2D eigenvalue weighted by Gasteiger charge is 2.22. The second-order valence-corrected chi connectivity index (χ2v) is 5.01. The van der Waals surface area contributed by atoms with Gasteiger partial charge in [0, 0.05) is 14.4 Å². The number of aliphatic carboxylic acids is 1. The number of aromatic nitrogens is 1. The van der Waals surface area contributed by atoms with Gasteiger partial charge in [0.15, 0.2) is 5.82 Å². The first kappa shape index (κ1) is 10.6. The standard InChI is InChI=1S/C9H6ClIN2O2/c10-6-2-1-3-12-8(6)13-5-11-4-7(13)9(14)15/h1-5H,(H,14,15). The molecule has 0 unspecified atom stereocenters. The Morgan fingerprint density at radius 2 is 2.40 bits per heavy atom. The fourth-order valence-electron chi connectivity index (χ4n) is 1.11. The van der Waals surface area contributed by atoms with E-state index in [4.69, 9.17) is 16.7 Å². The van der Waals surface area contributed by atoms with Gasteiger partial charge in [-0.2, -0.15) is 0 Å². The van der Waals surface area contributed by atoms with E-state index in [1.165, 1.54) is 4.90 Å². The molecule has 0 radical (unpaired) electrons. The topological polar surface area (TPSA) is 53.4 Å². The summed E-state index contributed by atoms with van der Waals surface area (Å²) < 4.78 is 3.57. The average molecular weight is 337 g/mol. The van der Waals surface area contributed by atoms with Crippen molar-refractivity contribution in [2.45, 2.75) is 0 Å². The highest BCUT2D eigenvalue weighted by molar-refractivity contribution is 14.2. The number of carbonyl (C=O) groups is 1. The normalized spacial score (nSPS) is 14.7. The first-order chi connectivity index (χ1) is 7.20. The van der Waals surface area contributed by atoms with Crippen LogP contribution >= 0.6 is 32.3 Å². The molecule has 4 nitrogen and oxygen atoms in total. The van der Waals surface area contributed by atoms with Gasteiger partial charge in [-0.1, -0.05) is 32.3 Å². The molecule has 0 aliphatic carbocycles. The zero-order valence-corrected chi connectivity index (χ0v) is 10.3. The number of nitrogens with zero attached hydrogens (tertiary/aromatic N) is 2. The van der Waals surface area contributed by atoms with Crippen molar-refractivity contribution in [2.75, 3.05) is 4.90 Å². The number of carboxylic acid groups (broad SMARTS) is 1. The van der Waals surface area contributed by atoms with Crippen LogP contribution in [0.1, 0.15) is 0 Å². The zero-order chi connectivity index (χ0) is 10.8. The molecule has 0 bridgehead atoms. The molecule has 0 aromatic carbocycles. The van der Waals surface area contributed by atoms with E-state index in [9.17, 15) is 4.79 Å². The lowest BCUT2D eigenvalue weighted by Crippen LogP contribution is -2.23. The Hall–Kier alpha value is -0.950. The van der Waals surface area contributed by atoms with Crippen LogP contribution in [0.5, 0.6) is 0 Å². The molecule has 0 spiro atoms. The molecule has 0 saturated carbocycles. The number of halogens is 2. The van der Waals surface area contributed by atoms with Gasteiger partial charge in [0.1, 0.15) is 5.70 Å². The summed E-state index contributed by atoms with van der Waals surface area (Å²) in [7, 11) is 0. The minimum Gasteiger partial charge on any atom is -0.477 e. The van der Waals surface area contributed by atoms with Crippen molar-refractivity contribution in [1.82, 2.24) is 4.98 Å². The van der Waals surface area contributed by atoms with Gasteiger partial charge in [-0.25, -0.2) is 9.78 Å². The van der Waals surface area contributed by atoms with E-state index in [0.717, 1.165) is 0 Å². The Morgan fingerprint density at radius 1 is 1.60 bits per heavy atom. The molecule has 1 aromatic rings. The molecule has 0 saturated heterocycles. The molecule has 0 fully saturated rings. The average Bonchev–Trinajstić information content (AvgIpc) is 2.67. The minimum absolute atomic E-state index is 0.239. The first-order valence-electron chi connectivity index (χ1n) is 3.98. The summed E-state index contributed by atoms with van der Waals surface area (Å²) in [4.78, 5) is 16.5. The van der Waals surface area contributed by atoms with Crippen molar-refractivity contribution >= 4 is 48.3 Å². The summed E-state index contributed by atoms with van der Waals surface area (Å²) in [5.74, 6) is -0.477. The van der Waals surface area contributed by atoms with Crippen molar-refractivity contribution in [3.8, 4) is 0 Å². The lowest BCUT2D eigenvalue weighted by Gasteiger charge is -2.16. The number of hydrogen-bond acceptors (Lipinski definition) is 3. The largest absolute Gasteiger partial charge is 0.477 e. The summed E-state index contributed by atoms with van der Waals surface area (Å²) in [6.45, 7) is 0. The second kappa shape index (κ2) is 4.28. The molecule has 1 N–H and O–H groups in total. The van der Waals surface area contributed by atoms with E-state index in [-0.39, 0.29) is 26.4 Å². The van der Waals surface area contributed by atoms with E-state index in [1.54, 1.807) is 22.4 Å². The van der Waals surface area contributed by atoms with Gasteiger partial charge >= 0.3 is 5.97 Å². The van der Waals surface area contributed by atoms with E-state index in [0.29, 0.717) is 10.8 Å². The molecule has 1 aliphatic rings. The molecule has 0 amide bonds. The third kappa shape index (κ3) is 2.03. The van der Waals surface area contributed by atoms with Crippen LogP contribution in [0.25, 0.3) is 0 Å². The predicted octanol–water partition coefficient (Wildman–Crippen LogP) is 2.21. The van der Waals surface area contributed by atoms with Gasteiger partial charge in [-0.15, -0.1) is 0 Å². The van der Waals surface area contributed by atoms with Crippen LogP contribution in [-0.2, 0) is 4.79 Å². The summed E-state index contributed by atoms with van der Waals surface area (Å²) in [5, 5.41) is 9.40. The Kier molecular flexibility index (Phi) is 3.01. The Bertz CT molecular complexity index is 473. The van der Waals surface area contributed by atoms with Gasteiger partial charge in [-0.3, -0.25) is 4.90 Å². The van der Waals surface area contributed by atoms with Crippen molar-refractivity contribution < 1.29 is 9.90 Å². The first-order valence-corrected chi connectivity index (χ1v) is 6.85. The highest BCUT2D eigenvalue weighted by atomic mass is 127. The number of anilines is 1. The molecule has 1 aliphatic heterocycles. The van der Waals surface area contributed by atoms with Crippen LogP contribution in [-0.4, -0.2) is 20.2 Å². The van der Waals surface area contributed by atoms with Gasteiger partial charge in [0.05, 0.1) is 5.02 Å². The van der Waals surface area contributed by atoms with Crippen LogP contribution in [0.4, 0.5) is 5.82 Å². The van der Waals surface area contributed by atoms with Crippen molar-refractivity contribution in [3.05, 3.63) is 33.1 Å². The molecular weight excluding hydrogens is 330 g/mol. The lowest BCUT2D eigenvalue weighted by molar-refractivity contribution is -0.132. The molecule has 2 heterocycles. The predicted molar refractivity (Wildman–Crippen MR) is 67.5 cm³/mol. The molecule has 15 heavy (non-hydrogen) atoms. The van der Waals surface area contributed by atoms with Crippen LogP contribution in [0, 0.1) is 0 Å². The number of pyridine rings is 1. The van der Waals surface area contributed by atoms with Gasteiger partial charge in [-0.05, 0) is 12.1 Å². The van der Waals surface area contributed by atoms with E-state index in [1.807, 2.05) is 4.14 Å². The third-order valence-electron chi connectivity index (χ3n) is 1.77. The van der Waals surface area contributed by atoms with E-state index >= 15 is 0 Å². The SMILES string of the molecule is O=C(O)C1=CI=CN1c1ncccc1Cl. The smallest absolute Gasteiger partial charge is 0.353 e. The van der Waals surface area contributed by atoms with Gasteiger partial charge < -0.3 is 5.11 Å². The molecule has 1 aromatic heterocycles. The molecule has 0 atom stereocenters. The third-order valence-corrected chi connectivity index (χ3v) is 3.89. The number of rotatable bonds is 2. The number of hydrogen-bond donors (Lipinski definition) is 1. The zero-order valence-electron chi connectivity index (χ0n) is 7.39. The van der Waals surface area contributed by atoms with Gasteiger partial charge in [0.2, 0.25) is 0 Å². The minimum atomic E-state index is -0.954. The van der Waals surface area contributed by atoms with Crippen LogP contribution in [0.15, 0.2) is 28.1 Å². The maximum absolute atomic E-state index is 10.9. The Balaban J connectivity index is 2.41. The maximum Gasteiger partial charge on any atom is 0.353 e. The monoisotopic (exact) mass is 336 g/mol. The van der Waals surface area contributed by atoms with Crippen molar-refractivity contribution in [1.29, 1.82) is 0 Å². The summed E-state index contributed by atoms with van der Waals surface area (Å²) >= 11 is 5.59. The van der Waals surface area contributed by atoms with Crippen molar-refractivity contribution in [3.63, 3.8) is 0 Å². The molecule has 2 rings (SSSR count). The lowest BCUT2D eigenvalue weighted by atomic mass is 10.4. The fraction of sp³-hybridized carbons (Fsp3) is 0. The Morgan fingerprint density at radius 3 is 3.07 bits per heavy atom. The number of carboxylic acids is 1. The summed E-state index contributed by atoms with van der Waals surface area (Å²) in [6.07, 6.45) is 1.59. The van der Waals surface area contributed by atoms with Crippen LogP contribution < -0.4 is 4.90 Å². The maximum atomic E-state index is 10.9. The van der Waals surface area contributed by atoms with Crippen LogP contribution in [0.3, 0.4) is 0 Å². The quantitative estimate of drug-likeness (QED) is 0.842. The van der Waals surface area contributed by atoms with Gasteiger partial charge in [0.25, 0.3) is 0 Å². The summed E-state index contributed by atoms with van der Waals surface area (Å²) in [6, 6.07) is 3.40. The Labute approximate surface area is 101 Å². The summed E-state index contributed by atoms with van der Waals surface area (Å²) in [5.41, 5.74) is 0.239. The molecular formula is C9H6ClIN2O2. The van der Waals surface area contributed by atoms with E-state index < -0.39 is 5.97 Å². The fourth-order valence-corrected chi connectivity index (χ4v) is 3.28. The van der Waals surface area contributed by atoms with Crippen LogP contribution in [0.2, 0.25) is 5.02 Å². The second-order valence-electron chi connectivity index (χ2n) is 2.70. The van der Waals surface area contributed by atoms with E-state index in [2.05, 4.69) is 4.98 Å².